The van der Waals surface area contributed by atoms with Crippen molar-refractivity contribution in [2.45, 2.75) is 39.0 Å². The second-order valence-electron chi connectivity index (χ2n) is 6.02. The van der Waals surface area contributed by atoms with Gasteiger partial charge in [0.25, 0.3) is 0 Å². The van der Waals surface area contributed by atoms with Crippen LogP contribution in [0.2, 0.25) is 0 Å². The van der Waals surface area contributed by atoms with Crippen LogP contribution in [0, 0.1) is 24.7 Å². The van der Waals surface area contributed by atoms with E-state index in [1.165, 1.54) is 25.7 Å². The summed E-state index contributed by atoms with van der Waals surface area (Å²) in [4.78, 5) is 12.4. The lowest BCUT2D eigenvalue weighted by Gasteiger charge is -2.21. The first kappa shape index (κ1) is 12.4. The smallest absolute Gasteiger partial charge is 0.163 e. The number of ketones is 1. The summed E-state index contributed by atoms with van der Waals surface area (Å²) in [5.74, 6) is 2.78. The van der Waals surface area contributed by atoms with Gasteiger partial charge in [-0.3, -0.25) is 4.79 Å². The van der Waals surface area contributed by atoms with Gasteiger partial charge in [0.1, 0.15) is 0 Å². The molecule has 2 heteroatoms. The Kier molecular flexibility index (Phi) is 3.31. The van der Waals surface area contributed by atoms with E-state index in [2.05, 4.69) is 15.9 Å². The van der Waals surface area contributed by atoms with Gasteiger partial charge in [0.05, 0.1) is 0 Å². The Labute approximate surface area is 117 Å². The summed E-state index contributed by atoms with van der Waals surface area (Å²) in [5, 5.41) is 0. The normalized spacial score (nSPS) is 29.8. The molecule has 1 aromatic rings. The molecular weight excluding hydrogens is 288 g/mol. The third-order valence-electron chi connectivity index (χ3n) is 4.82. The number of carbonyl (C=O) groups excluding carboxylic acids is 1. The maximum atomic E-state index is 12.4. The molecule has 1 nitrogen and oxygen atoms in total. The quantitative estimate of drug-likeness (QED) is 0.735. The molecule has 0 N–H and O–H groups in total. The summed E-state index contributed by atoms with van der Waals surface area (Å²) in [7, 11) is 0. The third kappa shape index (κ3) is 2.27. The number of carbonyl (C=O) groups is 1. The van der Waals surface area contributed by atoms with Crippen molar-refractivity contribution in [3.05, 3.63) is 33.8 Å². The van der Waals surface area contributed by atoms with Gasteiger partial charge in [-0.05, 0) is 61.6 Å². The van der Waals surface area contributed by atoms with Crippen LogP contribution in [0.25, 0.3) is 0 Å². The summed E-state index contributed by atoms with van der Waals surface area (Å²) in [5.41, 5.74) is 2.01. The largest absolute Gasteiger partial charge is 0.294 e. The molecule has 18 heavy (non-hydrogen) atoms. The average Bonchev–Trinajstić information content (AvgIpc) is 2.90. The maximum absolute atomic E-state index is 12.4. The predicted octanol–water partition coefficient (Wildman–Crippen LogP) is 4.77. The van der Waals surface area contributed by atoms with E-state index in [0.29, 0.717) is 11.7 Å². The monoisotopic (exact) mass is 306 g/mol. The summed E-state index contributed by atoms with van der Waals surface area (Å²) in [6, 6.07) is 5.98. The summed E-state index contributed by atoms with van der Waals surface area (Å²) >= 11 is 3.45. The summed E-state index contributed by atoms with van der Waals surface area (Å²) in [6.45, 7) is 2.03. The van der Waals surface area contributed by atoms with Crippen LogP contribution < -0.4 is 0 Å². The van der Waals surface area contributed by atoms with Crippen molar-refractivity contribution < 1.29 is 4.79 Å². The Morgan fingerprint density at radius 1 is 1.33 bits per heavy atom. The van der Waals surface area contributed by atoms with Crippen LogP contribution in [0.3, 0.4) is 0 Å². The molecular formula is C16H19BrO. The lowest BCUT2D eigenvalue weighted by Crippen LogP contribution is -2.15. The van der Waals surface area contributed by atoms with Gasteiger partial charge in [-0.1, -0.05) is 28.4 Å². The van der Waals surface area contributed by atoms with E-state index in [9.17, 15) is 4.79 Å². The van der Waals surface area contributed by atoms with Crippen molar-refractivity contribution in [2.24, 2.45) is 17.8 Å². The molecule has 0 amide bonds. The van der Waals surface area contributed by atoms with E-state index in [1.54, 1.807) is 0 Å². The van der Waals surface area contributed by atoms with Crippen LogP contribution in [0.1, 0.15) is 48.0 Å². The lowest BCUT2D eigenvalue weighted by atomic mass is 9.84. The van der Waals surface area contributed by atoms with Crippen LogP contribution in [-0.2, 0) is 0 Å². The van der Waals surface area contributed by atoms with Gasteiger partial charge in [0.2, 0.25) is 0 Å². The standard InChI is InChI=1S/C16H19BrO/c1-10-6-14(17)4-5-15(10)16(18)9-13-8-11-2-3-12(13)7-11/h4-6,11-13H,2-3,7-9H2,1H3. The zero-order valence-electron chi connectivity index (χ0n) is 10.8. The molecule has 0 saturated heterocycles. The van der Waals surface area contributed by atoms with Crippen LogP contribution in [0.4, 0.5) is 0 Å². The van der Waals surface area contributed by atoms with Gasteiger partial charge >= 0.3 is 0 Å². The molecule has 2 fully saturated rings. The number of benzene rings is 1. The molecule has 0 heterocycles. The number of halogens is 1. The van der Waals surface area contributed by atoms with Crippen molar-refractivity contribution in [1.82, 2.24) is 0 Å². The average molecular weight is 307 g/mol. The molecule has 0 radical (unpaired) electrons. The minimum Gasteiger partial charge on any atom is -0.294 e. The number of rotatable bonds is 3. The highest BCUT2D eigenvalue weighted by Crippen LogP contribution is 2.49. The highest BCUT2D eigenvalue weighted by molar-refractivity contribution is 9.10. The molecule has 96 valence electrons. The van der Waals surface area contributed by atoms with Gasteiger partial charge in [0, 0.05) is 16.5 Å². The van der Waals surface area contributed by atoms with Gasteiger partial charge in [-0.25, -0.2) is 0 Å². The Morgan fingerprint density at radius 3 is 2.78 bits per heavy atom. The van der Waals surface area contributed by atoms with E-state index in [4.69, 9.17) is 0 Å². The van der Waals surface area contributed by atoms with Crippen molar-refractivity contribution >= 4 is 21.7 Å². The van der Waals surface area contributed by atoms with Gasteiger partial charge < -0.3 is 0 Å². The van der Waals surface area contributed by atoms with Crippen molar-refractivity contribution in [3.8, 4) is 0 Å². The first-order chi connectivity index (χ1) is 8.63. The molecule has 0 spiro atoms. The van der Waals surface area contributed by atoms with Crippen LogP contribution in [-0.4, -0.2) is 5.78 Å². The molecule has 2 bridgehead atoms. The number of hydrogen-bond acceptors (Lipinski definition) is 1. The van der Waals surface area contributed by atoms with Crippen molar-refractivity contribution in [1.29, 1.82) is 0 Å². The van der Waals surface area contributed by atoms with Crippen LogP contribution in [0.5, 0.6) is 0 Å². The van der Waals surface area contributed by atoms with E-state index in [1.807, 2.05) is 25.1 Å². The van der Waals surface area contributed by atoms with Crippen LogP contribution in [0.15, 0.2) is 22.7 Å². The number of Topliss-reactive ketones (excluding diaryl/α,β-unsaturated/α-hetero) is 1. The van der Waals surface area contributed by atoms with Gasteiger partial charge in [-0.2, -0.15) is 0 Å². The van der Waals surface area contributed by atoms with E-state index in [-0.39, 0.29) is 0 Å². The fourth-order valence-corrected chi connectivity index (χ4v) is 4.39. The molecule has 3 unspecified atom stereocenters. The third-order valence-corrected chi connectivity index (χ3v) is 5.31. The molecule has 2 aliphatic rings. The molecule has 3 rings (SSSR count). The Morgan fingerprint density at radius 2 is 2.17 bits per heavy atom. The van der Waals surface area contributed by atoms with Crippen molar-refractivity contribution in [3.63, 3.8) is 0 Å². The SMILES string of the molecule is Cc1cc(Br)ccc1C(=O)CC1CC2CCC1C2. The van der Waals surface area contributed by atoms with E-state index in [0.717, 1.165) is 33.9 Å². The fraction of sp³-hybridized carbons (Fsp3) is 0.562. The Bertz CT molecular complexity index is 480. The van der Waals surface area contributed by atoms with Gasteiger partial charge in [0.15, 0.2) is 5.78 Å². The van der Waals surface area contributed by atoms with E-state index < -0.39 is 0 Å². The fourth-order valence-electron chi connectivity index (χ4n) is 3.91. The number of hydrogen-bond donors (Lipinski definition) is 0. The molecule has 2 saturated carbocycles. The molecule has 3 atom stereocenters. The number of fused-ring (bicyclic) bond motifs is 2. The van der Waals surface area contributed by atoms with Crippen molar-refractivity contribution in [2.75, 3.05) is 0 Å². The molecule has 0 aromatic heterocycles. The van der Waals surface area contributed by atoms with Gasteiger partial charge in [-0.15, -0.1) is 0 Å². The molecule has 2 aliphatic carbocycles. The first-order valence-corrected chi connectivity index (χ1v) is 7.72. The Hall–Kier alpha value is -0.630. The number of aryl methyl sites for hydroxylation is 1. The maximum Gasteiger partial charge on any atom is 0.163 e. The highest BCUT2D eigenvalue weighted by Gasteiger charge is 2.40. The summed E-state index contributed by atoms with van der Waals surface area (Å²) in [6.07, 6.45) is 6.22. The van der Waals surface area contributed by atoms with Crippen LogP contribution >= 0.6 is 15.9 Å². The molecule has 1 aromatic carbocycles. The highest BCUT2D eigenvalue weighted by atomic mass is 79.9. The zero-order valence-corrected chi connectivity index (χ0v) is 12.4. The Balaban J connectivity index is 1.71. The second kappa shape index (κ2) is 4.80. The predicted molar refractivity (Wildman–Crippen MR) is 76.8 cm³/mol. The summed E-state index contributed by atoms with van der Waals surface area (Å²) < 4.78 is 1.05. The zero-order chi connectivity index (χ0) is 12.7. The second-order valence-corrected chi connectivity index (χ2v) is 6.94. The minimum atomic E-state index is 0.345. The topological polar surface area (TPSA) is 17.1 Å². The first-order valence-electron chi connectivity index (χ1n) is 6.93. The minimum absolute atomic E-state index is 0.345. The molecule has 0 aliphatic heterocycles. The lowest BCUT2D eigenvalue weighted by molar-refractivity contribution is 0.0943. The van der Waals surface area contributed by atoms with E-state index >= 15 is 0 Å².